The highest BCUT2D eigenvalue weighted by molar-refractivity contribution is 7.83. The van der Waals surface area contributed by atoms with E-state index < -0.39 is 0 Å². The molecule has 0 aromatic heterocycles. The first-order valence-corrected chi connectivity index (χ1v) is 9.97. The molecule has 0 aliphatic carbocycles. The predicted molar refractivity (Wildman–Crippen MR) is 87.3 cm³/mol. The third-order valence-corrected chi connectivity index (χ3v) is 9.22. The molecule has 0 fully saturated rings. The summed E-state index contributed by atoms with van der Waals surface area (Å²) in [5.74, 6) is 0. The van der Waals surface area contributed by atoms with E-state index in [1.165, 1.54) is 10.6 Å². The van der Waals surface area contributed by atoms with E-state index in [4.69, 9.17) is 0 Å². The van der Waals surface area contributed by atoms with E-state index >= 15 is 0 Å². The predicted octanol–water partition coefficient (Wildman–Crippen LogP) is 4.21. The largest absolute Gasteiger partial charge is 0.105 e. The van der Waals surface area contributed by atoms with Crippen molar-refractivity contribution in [3.05, 3.63) is 60.7 Å². The summed E-state index contributed by atoms with van der Waals surface area (Å²) in [5.41, 5.74) is 0. The average molecular weight is 274 g/mol. The molecule has 0 amide bonds. The monoisotopic (exact) mass is 274 g/mol. The fraction of sp³-hybridized carbons (Fsp3) is 0.250. The number of hydrogen-bond donors (Lipinski definition) is 0. The van der Waals surface area contributed by atoms with Gasteiger partial charge in [0.25, 0.3) is 0 Å². The highest BCUT2D eigenvalue weighted by atomic mass is 31.2. The van der Waals surface area contributed by atoms with Gasteiger partial charge in [-0.2, -0.15) is 0 Å². The van der Waals surface area contributed by atoms with Crippen molar-refractivity contribution >= 4 is 26.5 Å². The Hall–Kier alpha value is -0.700. The molecule has 0 aliphatic rings. The molecule has 2 heteroatoms. The summed E-state index contributed by atoms with van der Waals surface area (Å²) in [5, 5.41) is 3.77. The van der Waals surface area contributed by atoms with Crippen LogP contribution in [0.2, 0.25) is 0 Å². The number of benzene rings is 2. The first-order chi connectivity index (χ1) is 8.70. The van der Waals surface area contributed by atoms with Crippen LogP contribution in [0.4, 0.5) is 0 Å². The summed E-state index contributed by atoms with van der Waals surface area (Å²) in [7, 11) is -0.142. The minimum absolute atomic E-state index is 0.0805. The SMILES string of the molecule is CC(P(C)C)P(c1ccccc1)c1ccccc1. The quantitative estimate of drug-likeness (QED) is 0.733. The lowest BCUT2D eigenvalue weighted by atomic mass is 10.4. The average Bonchev–Trinajstić information content (AvgIpc) is 2.41. The van der Waals surface area contributed by atoms with Crippen LogP contribution in [0.5, 0.6) is 0 Å². The third kappa shape index (κ3) is 3.19. The van der Waals surface area contributed by atoms with Gasteiger partial charge in [0, 0.05) is 5.40 Å². The lowest BCUT2D eigenvalue weighted by Gasteiger charge is -2.28. The minimum atomic E-state index is -0.223. The van der Waals surface area contributed by atoms with E-state index in [1.807, 2.05) is 0 Å². The van der Waals surface area contributed by atoms with Gasteiger partial charge in [0.2, 0.25) is 0 Å². The van der Waals surface area contributed by atoms with E-state index in [2.05, 4.69) is 80.9 Å². The lowest BCUT2D eigenvalue weighted by molar-refractivity contribution is 1.37. The van der Waals surface area contributed by atoms with Crippen LogP contribution in [-0.2, 0) is 0 Å². The molecule has 0 heterocycles. The molecule has 2 rings (SSSR count). The zero-order valence-corrected chi connectivity index (χ0v) is 13.0. The highest BCUT2D eigenvalue weighted by Gasteiger charge is 2.22. The summed E-state index contributed by atoms with van der Waals surface area (Å²) >= 11 is 0. The molecule has 94 valence electrons. The molecular formula is C16H20P2. The van der Waals surface area contributed by atoms with Crippen molar-refractivity contribution < 1.29 is 0 Å². The van der Waals surface area contributed by atoms with Crippen LogP contribution in [0.3, 0.4) is 0 Å². The van der Waals surface area contributed by atoms with E-state index in [9.17, 15) is 0 Å². The van der Waals surface area contributed by atoms with Gasteiger partial charge in [-0.3, -0.25) is 0 Å². The van der Waals surface area contributed by atoms with E-state index in [0.717, 1.165) is 5.40 Å². The van der Waals surface area contributed by atoms with Crippen molar-refractivity contribution in [1.29, 1.82) is 0 Å². The second-order valence-corrected chi connectivity index (χ2v) is 10.3. The normalized spacial score (nSPS) is 12.9. The van der Waals surface area contributed by atoms with Crippen LogP contribution >= 0.6 is 15.8 Å². The molecule has 0 saturated carbocycles. The van der Waals surface area contributed by atoms with Crippen molar-refractivity contribution in [2.75, 3.05) is 13.3 Å². The first kappa shape index (κ1) is 13.7. The first-order valence-electron chi connectivity index (χ1n) is 6.26. The Kier molecular flexibility index (Phi) is 4.93. The maximum atomic E-state index is 2.41. The Morgan fingerprint density at radius 1 is 0.722 bits per heavy atom. The summed E-state index contributed by atoms with van der Waals surface area (Å²) in [4.78, 5) is 0. The van der Waals surface area contributed by atoms with Crippen molar-refractivity contribution in [3.63, 3.8) is 0 Å². The number of rotatable bonds is 4. The number of hydrogen-bond acceptors (Lipinski definition) is 0. The standard InChI is InChI=1S/C16H20P2/c1-14(17(2)3)18(15-10-6-4-7-11-15)16-12-8-5-9-13-16/h4-14H,1-3H3. The molecule has 1 unspecified atom stereocenters. The third-order valence-electron chi connectivity index (χ3n) is 3.19. The summed E-state index contributed by atoms with van der Waals surface area (Å²) in [6.07, 6.45) is 0. The molecule has 0 N–H and O–H groups in total. The lowest BCUT2D eigenvalue weighted by Crippen LogP contribution is -2.18. The van der Waals surface area contributed by atoms with Gasteiger partial charge in [0.1, 0.15) is 0 Å². The van der Waals surface area contributed by atoms with Gasteiger partial charge in [0.05, 0.1) is 0 Å². The molecule has 0 radical (unpaired) electrons. The summed E-state index contributed by atoms with van der Waals surface area (Å²) in [6.45, 7) is 7.19. The molecule has 2 aromatic rings. The van der Waals surface area contributed by atoms with Gasteiger partial charge >= 0.3 is 0 Å². The molecule has 1 atom stereocenters. The molecular weight excluding hydrogens is 254 g/mol. The maximum absolute atomic E-state index is 2.41. The minimum Gasteiger partial charge on any atom is -0.105 e. The zero-order valence-electron chi connectivity index (χ0n) is 11.2. The molecule has 0 nitrogen and oxygen atoms in total. The molecule has 0 aliphatic heterocycles. The topological polar surface area (TPSA) is 0 Å². The fourth-order valence-corrected chi connectivity index (χ4v) is 6.78. The van der Waals surface area contributed by atoms with Gasteiger partial charge in [-0.15, -0.1) is 7.92 Å². The maximum Gasteiger partial charge on any atom is 0.00411 e. The van der Waals surface area contributed by atoms with Crippen LogP contribution in [0, 0.1) is 0 Å². The smallest absolute Gasteiger partial charge is 0.00411 e. The Bertz CT molecular complexity index is 425. The van der Waals surface area contributed by atoms with Crippen molar-refractivity contribution in [2.45, 2.75) is 12.3 Å². The van der Waals surface area contributed by atoms with Crippen LogP contribution < -0.4 is 10.6 Å². The van der Waals surface area contributed by atoms with Crippen LogP contribution in [0.25, 0.3) is 0 Å². The van der Waals surface area contributed by atoms with Gasteiger partial charge in [-0.1, -0.05) is 67.6 Å². The Balaban J connectivity index is 2.42. The van der Waals surface area contributed by atoms with Gasteiger partial charge < -0.3 is 0 Å². The van der Waals surface area contributed by atoms with Crippen molar-refractivity contribution in [3.8, 4) is 0 Å². The fourth-order valence-electron chi connectivity index (χ4n) is 1.99. The molecule has 0 bridgehead atoms. The van der Waals surface area contributed by atoms with Crippen LogP contribution in [-0.4, -0.2) is 18.7 Å². The van der Waals surface area contributed by atoms with E-state index in [1.54, 1.807) is 0 Å². The Morgan fingerprint density at radius 3 is 1.44 bits per heavy atom. The molecule has 0 spiro atoms. The second kappa shape index (κ2) is 6.46. The summed E-state index contributed by atoms with van der Waals surface area (Å²) < 4.78 is 0. The van der Waals surface area contributed by atoms with Crippen molar-refractivity contribution in [2.24, 2.45) is 0 Å². The molecule has 2 aromatic carbocycles. The second-order valence-electron chi connectivity index (χ2n) is 4.64. The molecule has 18 heavy (non-hydrogen) atoms. The van der Waals surface area contributed by atoms with E-state index in [-0.39, 0.29) is 15.8 Å². The van der Waals surface area contributed by atoms with Gasteiger partial charge in [0.15, 0.2) is 0 Å². The Morgan fingerprint density at radius 2 is 1.11 bits per heavy atom. The summed E-state index contributed by atoms with van der Waals surface area (Å²) in [6, 6.07) is 22.0. The van der Waals surface area contributed by atoms with Gasteiger partial charge in [-0.25, -0.2) is 0 Å². The van der Waals surface area contributed by atoms with Crippen LogP contribution in [0.1, 0.15) is 6.92 Å². The Labute approximate surface area is 113 Å². The molecule has 0 saturated heterocycles. The van der Waals surface area contributed by atoms with E-state index in [0.29, 0.717) is 0 Å². The highest BCUT2D eigenvalue weighted by Crippen LogP contribution is 2.52. The zero-order chi connectivity index (χ0) is 13.0. The van der Waals surface area contributed by atoms with Gasteiger partial charge in [-0.05, 0) is 31.9 Å². The van der Waals surface area contributed by atoms with Crippen LogP contribution in [0.15, 0.2) is 60.7 Å². The van der Waals surface area contributed by atoms with Crippen molar-refractivity contribution in [1.82, 2.24) is 0 Å².